The summed E-state index contributed by atoms with van der Waals surface area (Å²) in [6.07, 6.45) is 8.37. The van der Waals surface area contributed by atoms with E-state index in [-0.39, 0.29) is 30.3 Å². The monoisotopic (exact) mass is 519 g/mol. The Bertz CT molecular complexity index is 1190. The van der Waals surface area contributed by atoms with E-state index in [1.165, 1.54) is 16.9 Å². The number of nitrogens with one attached hydrogen (secondary N) is 1. The van der Waals surface area contributed by atoms with Gasteiger partial charge in [0.15, 0.2) is 0 Å². The van der Waals surface area contributed by atoms with Crippen LogP contribution in [-0.2, 0) is 4.79 Å². The lowest BCUT2D eigenvalue weighted by Crippen LogP contribution is -2.24. The van der Waals surface area contributed by atoms with Crippen molar-refractivity contribution in [1.82, 2.24) is 10.2 Å². The second-order valence-electron chi connectivity index (χ2n) is 10.3. The molecule has 194 valence electrons. The van der Waals surface area contributed by atoms with E-state index in [2.05, 4.69) is 15.5 Å². The van der Waals surface area contributed by atoms with E-state index in [9.17, 15) is 9.59 Å². The Hall–Kier alpha value is -3.26. The number of aliphatic carboxylic acids is 1. The van der Waals surface area contributed by atoms with Crippen molar-refractivity contribution in [3.63, 3.8) is 0 Å². The van der Waals surface area contributed by atoms with E-state index in [1.54, 1.807) is 0 Å². The second kappa shape index (κ2) is 11.9. The van der Waals surface area contributed by atoms with Crippen LogP contribution >= 0.6 is 11.3 Å². The normalized spacial score (nSPS) is 23.8. The highest BCUT2D eigenvalue weighted by molar-refractivity contribution is 7.15. The number of aromatic nitrogens is 2. The molecule has 1 heterocycles. The summed E-state index contributed by atoms with van der Waals surface area (Å²) < 4.78 is 6.17. The summed E-state index contributed by atoms with van der Waals surface area (Å²) in [6, 6.07) is 17.7. The van der Waals surface area contributed by atoms with Crippen LogP contribution in [0.1, 0.15) is 90.6 Å². The van der Waals surface area contributed by atoms with Gasteiger partial charge in [0, 0.05) is 17.9 Å². The smallest absolute Gasteiger partial charge is 0.303 e. The van der Waals surface area contributed by atoms with Gasteiger partial charge in [0.05, 0.1) is 6.10 Å². The lowest BCUT2D eigenvalue weighted by Gasteiger charge is -2.28. The number of amides is 1. The number of carboxylic acids is 1. The highest BCUT2D eigenvalue weighted by atomic mass is 32.1. The van der Waals surface area contributed by atoms with Crippen LogP contribution in [0.2, 0.25) is 0 Å². The lowest BCUT2D eigenvalue weighted by atomic mass is 9.77. The lowest BCUT2D eigenvalue weighted by molar-refractivity contribution is -0.138. The van der Waals surface area contributed by atoms with Crippen LogP contribution in [-0.4, -0.2) is 33.3 Å². The SMILES string of the molecule is O=C(O)CC1CCC(c2ccc(C(=O)Nc3nnc([C@@H]4CCC[C@@H](Oc5ccccc5)C4)s3)cc2)CC1. The zero-order valence-corrected chi connectivity index (χ0v) is 21.7. The number of carboxylic acid groups (broad SMARTS) is 1. The first-order valence-corrected chi connectivity index (χ1v) is 14.0. The summed E-state index contributed by atoms with van der Waals surface area (Å²) in [4.78, 5) is 23.8. The Morgan fingerprint density at radius 2 is 1.68 bits per heavy atom. The van der Waals surface area contributed by atoms with Gasteiger partial charge in [-0.2, -0.15) is 0 Å². The Balaban J connectivity index is 1.13. The number of anilines is 1. The van der Waals surface area contributed by atoms with E-state index in [1.807, 2.05) is 54.6 Å². The van der Waals surface area contributed by atoms with Gasteiger partial charge in [-0.15, -0.1) is 10.2 Å². The van der Waals surface area contributed by atoms with Gasteiger partial charge in [0.2, 0.25) is 5.13 Å². The van der Waals surface area contributed by atoms with Crippen LogP contribution < -0.4 is 10.1 Å². The molecule has 1 aromatic heterocycles. The summed E-state index contributed by atoms with van der Waals surface area (Å²) in [6.45, 7) is 0. The van der Waals surface area contributed by atoms with E-state index in [0.29, 0.717) is 16.6 Å². The topological polar surface area (TPSA) is 101 Å². The fourth-order valence-electron chi connectivity index (χ4n) is 5.64. The number of ether oxygens (including phenoxy) is 1. The summed E-state index contributed by atoms with van der Waals surface area (Å²) in [5.74, 6) is 1.00. The molecule has 0 saturated heterocycles. The number of carbonyl (C=O) groups excluding carboxylic acids is 1. The van der Waals surface area contributed by atoms with Crippen molar-refractivity contribution >= 4 is 28.3 Å². The maximum absolute atomic E-state index is 12.8. The molecule has 2 aliphatic carbocycles. The Morgan fingerprint density at radius 3 is 2.41 bits per heavy atom. The minimum atomic E-state index is -0.707. The molecule has 2 fully saturated rings. The van der Waals surface area contributed by atoms with E-state index < -0.39 is 5.97 Å². The van der Waals surface area contributed by atoms with Crippen molar-refractivity contribution in [2.75, 3.05) is 5.32 Å². The van der Waals surface area contributed by atoms with Crippen molar-refractivity contribution in [1.29, 1.82) is 0 Å². The molecule has 37 heavy (non-hydrogen) atoms. The molecule has 2 atom stereocenters. The highest BCUT2D eigenvalue weighted by Crippen LogP contribution is 2.38. The van der Waals surface area contributed by atoms with Crippen molar-refractivity contribution < 1.29 is 19.4 Å². The fourth-order valence-corrected chi connectivity index (χ4v) is 6.53. The third-order valence-electron chi connectivity index (χ3n) is 7.64. The van der Waals surface area contributed by atoms with Gasteiger partial charge in [-0.05, 0) is 93.0 Å². The summed E-state index contributed by atoms with van der Waals surface area (Å²) in [7, 11) is 0. The molecule has 2 saturated carbocycles. The van der Waals surface area contributed by atoms with Gasteiger partial charge < -0.3 is 9.84 Å². The Morgan fingerprint density at radius 1 is 0.919 bits per heavy atom. The van der Waals surface area contributed by atoms with E-state index >= 15 is 0 Å². The molecule has 0 aliphatic heterocycles. The van der Waals surface area contributed by atoms with Gasteiger partial charge in [0.25, 0.3) is 5.91 Å². The number of rotatable bonds is 8. The maximum Gasteiger partial charge on any atom is 0.303 e. The molecule has 5 rings (SSSR count). The molecule has 1 amide bonds. The molecule has 0 bridgehead atoms. The zero-order valence-electron chi connectivity index (χ0n) is 20.8. The average molecular weight is 520 g/mol. The molecule has 0 spiro atoms. The third kappa shape index (κ3) is 6.74. The summed E-state index contributed by atoms with van der Waals surface area (Å²) >= 11 is 1.45. The van der Waals surface area contributed by atoms with Gasteiger partial charge in [0.1, 0.15) is 10.8 Å². The van der Waals surface area contributed by atoms with Gasteiger partial charge in [-0.3, -0.25) is 14.9 Å². The number of nitrogens with zero attached hydrogens (tertiary/aromatic N) is 2. The van der Waals surface area contributed by atoms with Gasteiger partial charge in [-0.25, -0.2) is 0 Å². The Kier molecular flexibility index (Phi) is 8.14. The number of carbonyl (C=O) groups is 2. The molecule has 0 unspecified atom stereocenters. The molecular formula is C29H33N3O4S. The average Bonchev–Trinajstić information content (AvgIpc) is 3.38. The summed E-state index contributed by atoms with van der Waals surface area (Å²) in [5, 5.41) is 22.0. The molecule has 2 N–H and O–H groups in total. The largest absolute Gasteiger partial charge is 0.490 e. The molecule has 8 heteroatoms. The zero-order chi connectivity index (χ0) is 25.6. The van der Waals surface area contributed by atoms with Gasteiger partial charge in [-0.1, -0.05) is 41.7 Å². The van der Waals surface area contributed by atoms with Crippen LogP contribution in [0.4, 0.5) is 5.13 Å². The van der Waals surface area contributed by atoms with Crippen molar-refractivity contribution in [2.24, 2.45) is 5.92 Å². The summed E-state index contributed by atoms with van der Waals surface area (Å²) in [5.41, 5.74) is 1.81. The van der Waals surface area contributed by atoms with Crippen LogP contribution in [0.3, 0.4) is 0 Å². The first-order chi connectivity index (χ1) is 18.0. The number of benzene rings is 2. The second-order valence-corrected chi connectivity index (χ2v) is 11.3. The standard InChI is InChI=1S/C29H33N3O4S/c33-26(34)17-19-9-11-20(12-10-19)21-13-15-22(16-14-21)27(35)30-29-32-31-28(37-29)23-5-4-8-25(18-23)36-24-6-2-1-3-7-24/h1-3,6-7,13-16,19-20,23,25H,4-5,8-12,17-18H2,(H,33,34)(H,30,32,35)/t19?,20?,23-,25-/m1/s1. The first-order valence-electron chi connectivity index (χ1n) is 13.2. The molecule has 2 aromatic carbocycles. The highest BCUT2D eigenvalue weighted by Gasteiger charge is 2.28. The number of hydrogen-bond donors (Lipinski definition) is 2. The molecule has 7 nitrogen and oxygen atoms in total. The minimum absolute atomic E-state index is 0.161. The van der Waals surface area contributed by atoms with E-state index in [4.69, 9.17) is 9.84 Å². The van der Waals surface area contributed by atoms with Crippen LogP contribution in [0, 0.1) is 5.92 Å². The van der Waals surface area contributed by atoms with Crippen LogP contribution in [0.5, 0.6) is 5.75 Å². The Labute approximate surface area is 221 Å². The van der Waals surface area contributed by atoms with Crippen LogP contribution in [0.15, 0.2) is 54.6 Å². The predicted octanol–water partition coefficient (Wildman–Crippen LogP) is 6.64. The van der Waals surface area contributed by atoms with E-state index in [0.717, 1.165) is 62.1 Å². The first kappa shape index (κ1) is 25.4. The molecule has 0 radical (unpaired) electrons. The quantitative estimate of drug-likeness (QED) is 0.346. The fraction of sp³-hybridized carbons (Fsp3) is 0.448. The molecule has 2 aliphatic rings. The van der Waals surface area contributed by atoms with Crippen molar-refractivity contribution in [2.45, 2.75) is 75.7 Å². The van der Waals surface area contributed by atoms with Crippen molar-refractivity contribution in [3.8, 4) is 5.75 Å². The van der Waals surface area contributed by atoms with Gasteiger partial charge >= 0.3 is 5.97 Å². The number of hydrogen-bond acceptors (Lipinski definition) is 6. The van der Waals surface area contributed by atoms with Crippen LogP contribution in [0.25, 0.3) is 0 Å². The molecular weight excluding hydrogens is 486 g/mol. The minimum Gasteiger partial charge on any atom is -0.490 e. The molecule has 3 aromatic rings. The predicted molar refractivity (Wildman–Crippen MR) is 143 cm³/mol. The third-order valence-corrected chi connectivity index (χ3v) is 8.64. The maximum atomic E-state index is 12.8. The number of para-hydroxylation sites is 1. The van der Waals surface area contributed by atoms with Crippen molar-refractivity contribution in [3.05, 3.63) is 70.7 Å².